The minimum atomic E-state index is -3.26. The number of sulfone groups is 1. The molecule has 21 heavy (non-hydrogen) atoms. The molecule has 0 radical (unpaired) electrons. The van der Waals surface area contributed by atoms with Crippen LogP contribution in [0, 0.1) is 11.3 Å². The Balaban J connectivity index is 1.65. The van der Waals surface area contributed by atoms with Crippen LogP contribution in [0.25, 0.3) is 0 Å². The Labute approximate surface area is 125 Å². The van der Waals surface area contributed by atoms with Crippen LogP contribution in [0.5, 0.6) is 0 Å². The van der Waals surface area contributed by atoms with Crippen LogP contribution in [0.15, 0.2) is 29.2 Å². The number of nitrogens with two attached hydrogens (primary N) is 1. The Morgan fingerprint density at radius 1 is 1.29 bits per heavy atom. The van der Waals surface area contributed by atoms with Gasteiger partial charge in [-0.05, 0) is 37.3 Å². The molecule has 114 valence electrons. The van der Waals surface area contributed by atoms with Gasteiger partial charge in [0.15, 0.2) is 9.84 Å². The van der Waals surface area contributed by atoms with Crippen LogP contribution in [-0.2, 0) is 9.84 Å². The molecule has 0 amide bonds. The molecule has 1 aliphatic carbocycles. The normalized spacial score (nSPS) is 25.3. The van der Waals surface area contributed by atoms with E-state index in [9.17, 15) is 8.42 Å². The van der Waals surface area contributed by atoms with Crippen molar-refractivity contribution < 1.29 is 8.42 Å². The minimum Gasteiger partial charge on any atom is -0.384 e. The molecule has 3 N–H and O–H groups in total. The summed E-state index contributed by atoms with van der Waals surface area (Å²) in [5, 5.41) is 7.33. The Morgan fingerprint density at radius 2 is 2.00 bits per heavy atom. The molecule has 2 bridgehead atoms. The molecule has 1 saturated carbocycles. The maximum atomic E-state index is 12.4. The summed E-state index contributed by atoms with van der Waals surface area (Å²) >= 11 is 0. The van der Waals surface area contributed by atoms with Crippen LogP contribution in [0.4, 0.5) is 0 Å². The van der Waals surface area contributed by atoms with E-state index in [0.717, 1.165) is 12.5 Å². The van der Waals surface area contributed by atoms with E-state index in [1.165, 1.54) is 19.3 Å². The number of hydrogen-bond acceptors (Lipinski definition) is 4. The van der Waals surface area contributed by atoms with Crippen molar-refractivity contribution in [2.75, 3.05) is 18.8 Å². The number of nitrogens with one attached hydrogen (secondary N) is 1. The highest BCUT2D eigenvalue weighted by Gasteiger charge is 2.37. The number of rotatable bonds is 5. The fraction of sp³-hybridized carbons (Fsp3) is 0.533. The summed E-state index contributed by atoms with van der Waals surface area (Å²) in [6.07, 6.45) is 3.77. The van der Waals surface area contributed by atoms with Gasteiger partial charge in [0.2, 0.25) is 0 Å². The Hall–Kier alpha value is -1.40. The predicted octanol–water partition coefficient (Wildman–Crippen LogP) is 1.23. The fourth-order valence-electron chi connectivity index (χ4n) is 3.50. The topological polar surface area (TPSA) is 87.2 Å². The number of nitrogen functional groups attached to an aromatic ring is 1. The van der Waals surface area contributed by atoms with Gasteiger partial charge in [-0.1, -0.05) is 12.1 Å². The van der Waals surface area contributed by atoms with E-state index in [2.05, 4.69) is 4.90 Å². The summed E-state index contributed by atoms with van der Waals surface area (Å²) in [7, 11) is -3.26. The van der Waals surface area contributed by atoms with Crippen molar-refractivity contribution in [1.82, 2.24) is 4.90 Å². The van der Waals surface area contributed by atoms with Gasteiger partial charge in [0.25, 0.3) is 0 Å². The second-order valence-corrected chi connectivity index (χ2v) is 8.19. The third-order valence-corrected chi connectivity index (χ3v) is 6.40. The van der Waals surface area contributed by atoms with E-state index in [1.807, 2.05) is 0 Å². The van der Waals surface area contributed by atoms with E-state index in [1.54, 1.807) is 24.3 Å². The van der Waals surface area contributed by atoms with Gasteiger partial charge in [0.1, 0.15) is 5.84 Å². The first kappa shape index (κ1) is 14.5. The van der Waals surface area contributed by atoms with Crippen LogP contribution in [0.1, 0.15) is 24.8 Å². The molecular weight excluding hydrogens is 286 g/mol. The minimum absolute atomic E-state index is 0.0490. The Morgan fingerprint density at radius 3 is 2.52 bits per heavy atom. The van der Waals surface area contributed by atoms with E-state index >= 15 is 0 Å². The third-order valence-electron chi connectivity index (χ3n) is 4.69. The zero-order valence-electron chi connectivity index (χ0n) is 12.0. The molecule has 2 unspecified atom stereocenters. The third kappa shape index (κ3) is 2.96. The van der Waals surface area contributed by atoms with E-state index < -0.39 is 9.84 Å². The molecular formula is C15H21N3O2S. The monoisotopic (exact) mass is 307 g/mol. The van der Waals surface area contributed by atoms with Crippen molar-refractivity contribution in [3.8, 4) is 0 Å². The molecule has 1 heterocycles. The van der Waals surface area contributed by atoms with Crippen molar-refractivity contribution >= 4 is 15.7 Å². The average molecular weight is 307 g/mol. The first-order chi connectivity index (χ1) is 9.95. The molecule has 2 aliphatic rings. The molecule has 0 aromatic heterocycles. The lowest BCUT2D eigenvalue weighted by atomic mass is 10.1. The van der Waals surface area contributed by atoms with Gasteiger partial charge in [0.05, 0.1) is 10.6 Å². The maximum absolute atomic E-state index is 12.4. The molecule has 6 heteroatoms. The van der Waals surface area contributed by atoms with E-state index in [4.69, 9.17) is 11.1 Å². The van der Waals surface area contributed by atoms with Crippen molar-refractivity contribution in [2.45, 2.75) is 30.2 Å². The molecule has 1 aromatic rings. The molecule has 1 aliphatic heterocycles. The van der Waals surface area contributed by atoms with Gasteiger partial charge in [-0.3, -0.25) is 10.3 Å². The second-order valence-electron chi connectivity index (χ2n) is 6.08. The highest BCUT2D eigenvalue weighted by Crippen LogP contribution is 2.37. The summed E-state index contributed by atoms with van der Waals surface area (Å²) in [4.78, 5) is 2.65. The summed E-state index contributed by atoms with van der Waals surface area (Å²) in [5.74, 6) is 0.898. The molecule has 2 fully saturated rings. The van der Waals surface area contributed by atoms with Crippen LogP contribution in [0.2, 0.25) is 0 Å². The van der Waals surface area contributed by atoms with Gasteiger partial charge >= 0.3 is 0 Å². The van der Waals surface area contributed by atoms with Crippen LogP contribution in [0.3, 0.4) is 0 Å². The highest BCUT2D eigenvalue weighted by atomic mass is 32.2. The second kappa shape index (κ2) is 5.42. The Bertz CT molecular complexity index is 639. The first-order valence-corrected chi connectivity index (χ1v) is 9.02. The number of nitrogens with zero attached hydrogens (tertiary/aromatic N) is 1. The lowest BCUT2D eigenvalue weighted by Gasteiger charge is -2.26. The molecule has 3 rings (SSSR count). The maximum Gasteiger partial charge on any atom is 0.179 e. The SMILES string of the molecule is N=C(N)c1ccc(S(=O)(=O)CCN2CC3CCC2C3)cc1. The summed E-state index contributed by atoms with van der Waals surface area (Å²) in [6, 6.07) is 6.87. The zero-order valence-corrected chi connectivity index (χ0v) is 12.8. The van der Waals surface area contributed by atoms with Gasteiger partial charge in [-0.15, -0.1) is 0 Å². The number of amidine groups is 1. The van der Waals surface area contributed by atoms with Gasteiger partial charge in [-0.2, -0.15) is 0 Å². The highest BCUT2D eigenvalue weighted by molar-refractivity contribution is 7.91. The lowest BCUT2D eigenvalue weighted by Crippen LogP contribution is -2.35. The van der Waals surface area contributed by atoms with Crippen molar-refractivity contribution in [3.63, 3.8) is 0 Å². The summed E-state index contributed by atoms with van der Waals surface area (Å²) in [5.41, 5.74) is 5.92. The molecule has 2 atom stereocenters. The van der Waals surface area contributed by atoms with Gasteiger partial charge < -0.3 is 5.73 Å². The molecule has 0 spiro atoms. The predicted molar refractivity (Wildman–Crippen MR) is 82.2 cm³/mol. The molecule has 5 nitrogen and oxygen atoms in total. The number of fused-ring (bicyclic) bond motifs is 2. The summed E-state index contributed by atoms with van der Waals surface area (Å²) < 4.78 is 24.7. The van der Waals surface area contributed by atoms with Crippen LogP contribution >= 0.6 is 0 Å². The molecule has 1 saturated heterocycles. The van der Waals surface area contributed by atoms with Gasteiger partial charge in [-0.25, -0.2) is 8.42 Å². The number of hydrogen-bond donors (Lipinski definition) is 2. The molecule has 1 aromatic carbocycles. The first-order valence-electron chi connectivity index (χ1n) is 7.37. The van der Waals surface area contributed by atoms with E-state index in [-0.39, 0.29) is 11.6 Å². The lowest BCUT2D eigenvalue weighted by molar-refractivity contribution is 0.225. The van der Waals surface area contributed by atoms with Crippen LogP contribution < -0.4 is 5.73 Å². The number of likely N-dealkylation sites (tertiary alicyclic amines) is 1. The quantitative estimate of drug-likeness (QED) is 0.632. The van der Waals surface area contributed by atoms with Crippen molar-refractivity contribution in [1.29, 1.82) is 5.41 Å². The standard InChI is InChI=1S/C15H21N3O2S/c16-15(17)12-2-5-14(6-3-12)21(19,20)8-7-18-10-11-1-4-13(18)9-11/h2-3,5-6,11,13H,1,4,7-10H2,(H3,16,17). The number of benzene rings is 1. The zero-order chi connectivity index (χ0) is 15.0. The fourth-order valence-corrected chi connectivity index (χ4v) is 4.76. The van der Waals surface area contributed by atoms with Crippen LogP contribution in [-0.4, -0.2) is 44.0 Å². The Kier molecular flexibility index (Phi) is 3.75. The van der Waals surface area contributed by atoms with Crippen molar-refractivity contribution in [3.05, 3.63) is 29.8 Å². The van der Waals surface area contributed by atoms with E-state index in [0.29, 0.717) is 23.0 Å². The van der Waals surface area contributed by atoms with Crippen molar-refractivity contribution in [2.24, 2.45) is 11.7 Å². The average Bonchev–Trinajstić information content (AvgIpc) is 3.08. The van der Waals surface area contributed by atoms with Gasteiger partial charge in [0, 0.05) is 24.7 Å². The largest absolute Gasteiger partial charge is 0.384 e. The number of piperidine rings is 1. The smallest absolute Gasteiger partial charge is 0.179 e. The summed E-state index contributed by atoms with van der Waals surface area (Å²) in [6.45, 7) is 1.68.